The summed E-state index contributed by atoms with van der Waals surface area (Å²) >= 11 is 7.71. The first-order valence-electron chi connectivity index (χ1n) is 7.70. The SMILES string of the molecule is Cc1onc(-c2c(F)cccc2Cl)c1C(=O)N[C@@H](C)Cc1ccsc1. The normalized spacial score (nSPS) is 12.2. The summed E-state index contributed by atoms with van der Waals surface area (Å²) in [7, 11) is 0. The van der Waals surface area contributed by atoms with Crippen LogP contribution < -0.4 is 5.32 Å². The number of halogens is 2. The van der Waals surface area contributed by atoms with Crippen molar-refractivity contribution in [2.45, 2.75) is 26.3 Å². The smallest absolute Gasteiger partial charge is 0.257 e. The summed E-state index contributed by atoms with van der Waals surface area (Å²) in [5.41, 5.74) is 1.53. The van der Waals surface area contributed by atoms with Crippen LogP contribution in [0.1, 0.15) is 28.6 Å². The van der Waals surface area contributed by atoms with E-state index >= 15 is 0 Å². The fourth-order valence-corrected chi connectivity index (χ4v) is 3.58. The summed E-state index contributed by atoms with van der Waals surface area (Å²) < 4.78 is 19.3. The molecule has 1 amide bonds. The molecule has 0 radical (unpaired) electrons. The van der Waals surface area contributed by atoms with Crippen molar-refractivity contribution in [1.29, 1.82) is 0 Å². The maximum Gasteiger partial charge on any atom is 0.257 e. The van der Waals surface area contributed by atoms with Crippen LogP contribution in [0.15, 0.2) is 39.5 Å². The van der Waals surface area contributed by atoms with Gasteiger partial charge in [0.2, 0.25) is 0 Å². The fourth-order valence-electron chi connectivity index (χ4n) is 2.64. The highest BCUT2D eigenvalue weighted by atomic mass is 35.5. The second kappa shape index (κ2) is 7.37. The van der Waals surface area contributed by atoms with Gasteiger partial charge in [0.1, 0.15) is 22.8 Å². The second-order valence-corrected chi connectivity index (χ2v) is 6.96. The molecule has 0 bridgehead atoms. The minimum Gasteiger partial charge on any atom is -0.360 e. The van der Waals surface area contributed by atoms with Gasteiger partial charge in [0.15, 0.2) is 0 Å². The lowest BCUT2D eigenvalue weighted by Gasteiger charge is -2.13. The van der Waals surface area contributed by atoms with Gasteiger partial charge >= 0.3 is 0 Å². The van der Waals surface area contributed by atoms with Gasteiger partial charge in [0.25, 0.3) is 5.91 Å². The Balaban J connectivity index is 1.87. The van der Waals surface area contributed by atoms with E-state index in [9.17, 15) is 9.18 Å². The highest BCUT2D eigenvalue weighted by Crippen LogP contribution is 2.33. The number of aryl methyl sites for hydroxylation is 1. The number of hydrogen-bond donors (Lipinski definition) is 1. The standard InChI is InChI=1S/C18H16ClFN2O2S/c1-10(8-12-6-7-25-9-12)21-18(23)15-11(2)24-22-17(15)16-13(19)4-3-5-14(16)20/h3-7,9-10H,8H2,1-2H3,(H,21,23)/t10-/m0/s1. The minimum absolute atomic E-state index is 0.0663. The molecule has 1 N–H and O–H groups in total. The van der Waals surface area contributed by atoms with E-state index in [4.69, 9.17) is 16.1 Å². The van der Waals surface area contributed by atoms with Crippen LogP contribution in [0, 0.1) is 12.7 Å². The van der Waals surface area contributed by atoms with Crippen LogP contribution in [-0.2, 0) is 6.42 Å². The van der Waals surface area contributed by atoms with Crippen molar-refractivity contribution in [2.75, 3.05) is 0 Å². The van der Waals surface area contributed by atoms with Gasteiger partial charge in [-0.2, -0.15) is 11.3 Å². The Bertz CT molecular complexity index is 872. The molecule has 1 aromatic carbocycles. The first kappa shape index (κ1) is 17.6. The van der Waals surface area contributed by atoms with E-state index in [2.05, 4.69) is 10.5 Å². The van der Waals surface area contributed by atoms with Crippen LogP contribution in [0.25, 0.3) is 11.3 Å². The van der Waals surface area contributed by atoms with E-state index in [1.54, 1.807) is 24.3 Å². The summed E-state index contributed by atoms with van der Waals surface area (Å²) in [6, 6.07) is 6.23. The quantitative estimate of drug-likeness (QED) is 0.689. The lowest BCUT2D eigenvalue weighted by Crippen LogP contribution is -2.34. The molecule has 0 aliphatic heterocycles. The molecule has 0 fully saturated rings. The van der Waals surface area contributed by atoms with Crippen molar-refractivity contribution < 1.29 is 13.7 Å². The Hall–Kier alpha value is -2.18. The molecule has 0 spiro atoms. The molecule has 2 heterocycles. The van der Waals surface area contributed by atoms with Crippen LogP contribution in [0.5, 0.6) is 0 Å². The number of thiophene rings is 1. The van der Waals surface area contributed by atoms with Crippen LogP contribution in [0.3, 0.4) is 0 Å². The molecular weight excluding hydrogens is 363 g/mol. The summed E-state index contributed by atoms with van der Waals surface area (Å²) in [6.07, 6.45) is 0.704. The maximum absolute atomic E-state index is 14.2. The Morgan fingerprint density at radius 3 is 2.92 bits per heavy atom. The van der Waals surface area contributed by atoms with Crippen LogP contribution in [-0.4, -0.2) is 17.1 Å². The van der Waals surface area contributed by atoms with Crippen molar-refractivity contribution in [3.63, 3.8) is 0 Å². The number of amides is 1. The molecule has 7 heteroatoms. The van der Waals surface area contributed by atoms with Gasteiger partial charge in [-0.05, 0) is 54.8 Å². The lowest BCUT2D eigenvalue weighted by molar-refractivity contribution is 0.0939. The third kappa shape index (κ3) is 3.75. The molecule has 0 aliphatic carbocycles. The molecule has 25 heavy (non-hydrogen) atoms. The minimum atomic E-state index is -0.554. The molecule has 3 aromatic rings. The number of nitrogens with zero attached hydrogens (tertiary/aromatic N) is 1. The van der Waals surface area contributed by atoms with Crippen molar-refractivity contribution >= 4 is 28.8 Å². The molecule has 0 saturated carbocycles. The topological polar surface area (TPSA) is 55.1 Å². The van der Waals surface area contributed by atoms with Gasteiger partial charge in [-0.15, -0.1) is 0 Å². The predicted octanol–water partition coefficient (Wildman–Crippen LogP) is 4.87. The van der Waals surface area contributed by atoms with Gasteiger partial charge < -0.3 is 9.84 Å². The molecule has 0 aliphatic rings. The Morgan fingerprint density at radius 2 is 2.24 bits per heavy atom. The van der Waals surface area contributed by atoms with Crippen LogP contribution >= 0.6 is 22.9 Å². The third-order valence-corrected chi connectivity index (χ3v) is 4.84. The van der Waals surface area contributed by atoms with E-state index in [-0.39, 0.29) is 33.8 Å². The largest absolute Gasteiger partial charge is 0.360 e. The van der Waals surface area contributed by atoms with E-state index in [1.165, 1.54) is 12.1 Å². The van der Waals surface area contributed by atoms with E-state index < -0.39 is 5.82 Å². The Labute approximate surface area is 153 Å². The molecule has 4 nitrogen and oxygen atoms in total. The van der Waals surface area contributed by atoms with Crippen LogP contribution in [0.2, 0.25) is 5.02 Å². The van der Waals surface area contributed by atoms with E-state index in [1.807, 2.05) is 23.8 Å². The number of carbonyl (C=O) groups excluding carboxylic acids is 1. The molecule has 130 valence electrons. The zero-order valence-corrected chi connectivity index (χ0v) is 15.2. The Kier molecular flexibility index (Phi) is 5.20. The summed E-state index contributed by atoms with van der Waals surface area (Å²) in [5.74, 6) is -0.605. The maximum atomic E-state index is 14.2. The van der Waals surface area contributed by atoms with E-state index in [0.717, 1.165) is 5.56 Å². The van der Waals surface area contributed by atoms with Gasteiger partial charge in [-0.1, -0.05) is 22.8 Å². The second-order valence-electron chi connectivity index (χ2n) is 5.77. The summed E-state index contributed by atoms with van der Waals surface area (Å²) in [5, 5.41) is 11.0. The third-order valence-electron chi connectivity index (χ3n) is 3.79. The van der Waals surface area contributed by atoms with Crippen molar-refractivity contribution in [2.24, 2.45) is 0 Å². The lowest BCUT2D eigenvalue weighted by atomic mass is 10.0. The van der Waals surface area contributed by atoms with Crippen molar-refractivity contribution in [3.05, 3.63) is 62.8 Å². The molecule has 1 atom stereocenters. The molecule has 2 aromatic heterocycles. The fraction of sp³-hybridized carbons (Fsp3) is 0.222. The molecule has 0 saturated heterocycles. The summed E-state index contributed by atoms with van der Waals surface area (Å²) in [6.45, 7) is 3.53. The number of nitrogens with one attached hydrogen (secondary N) is 1. The number of benzene rings is 1. The zero-order valence-electron chi connectivity index (χ0n) is 13.7. The predicted molar refractivity (Wildman–Crippen MR) is 96.6 cm³/mol. The van der Waals surface area contributed by atoms with Gasteiger partial charge in [0.05, 0.1) is 10.6 Å². The van der Waals surface area contributed by atoms with Crippen molar-refractivity contribution in [3.8, 4) is 11.3 Å². The first-order valence-corrected chi connectivity index (χ1v) is 9.02. The summed E-state index contributed by atoms with van der Waals surface area (Å²) in [4.78, 5) is 12.7. The van der Waals surface area contributed by atoms with Crippen LogP contribution in [0.4, 0.5) is 4.39 Å². The average molecular weight is 379 g/mol. The van der Waals surface area contributed by atoms with Gasteiger partial charge in [-0.3, -0.25) is 4.79 Å². The van der Waals surface area contributed by atoms with E-state index in [0.29, 0.717) is 12.2 Å². The monoisotopic (exact) mass is 378 g/mol. The number of carbonyl (C=O) groups is 1. The number of aromatic nitrogens is 1. The number of rotatable bonds is 5. The highest BCUT2D eigenvalue weighted by molar-refractivity contribution is 7.07. The van der Waals surface area contributed by atoms with Gasteiger partial charge in [-0.25, -0.2) is 4.39 Å². The van der Waals surface area contributed by atoms with Gasteiger partial charge in [0, 0.05) is 6.04 Å². The molecule has 3 rings (SSSR count). The molecular formula is C18H16ClFN2O2S. The first-order chi connectivity index (χ1) is 12.0. The Morgan fingerprint density at radius 1 is 1.44 bits per heavy atom. The average Bonchev–Trinajstić information content (AvgIpc) is 3.17. The zero-order chi connectivity index (χ0) is 18.0. The molecule has 0 unspecified atom stereocenters. The number of hydrogen-bond acceptors (Lipinski definition) is 4. The highest BCUT2D eigenvalue weighted by Gasteiger charge is 2.26. The van der Waals surface area contributed by atoms with Crippen molar-refractivity contribution in [1.82, 2.24) is 10.5 Å².